The van der Waals surface area contributed by atoms with Crippen molar-refractivity contribution in [2.45, 2.75) is 46.5 Å². The molecule has 0 radical (unpaired) electrons. The van der Waals surface area contributed by atoms with E-state index in [9.17, 15) is 4.79 Å². The van der Waals surface area contributed by atoms with Gasteiger partial charge in [0.15, 0.2) is 0 Å². The zero-order valence-corrected chi connectivity index (χ0v) is 12.4. The Labute approximate surface area is 116 Å². The molecule has 0 aliphatic rings. The van der Waals surface area contributed by atoms with Gasteiger partial charge in [0.05, 0.1) is 6.61 Å². The van der Waals surface area contributed by atoms with Gasteiger partial charge in [-0.1, -0.05) is 45.4 Å². The van der Waals surface area contributed by atoms with E-state index in [1.54, 1.807) is 0 Å². The van der Waals surface area contributed by atoms with Crippen LogP contribution in [0.1, 0.15) is 56.7 Å². The summed E-state index contributed by atoms with van der Waals surface area (Å²) in [5.41, 5.74) is 3.84. The Morgan fingerprint density at radius 2 is 2.05 bits per heavy atom. The normalized spacial score (nSPS) is 11.2. The van der Waals surface area contributed by atoms with Crippen LogP contribution in [-0.4, -0.2) is 12.6 Å². The van der Waals surface area contributed by atoms with E-state index in [0.717, 1.165) is 18.4 Å². The fraction of sp³-hybridized carbons (Fsp3) is 0.471. The smallest absolute Gasteiger partial charge is 0.330 e. The van der Waals surface area contributed by atoms with Gasteiger partial charge in [-0.3, -0.25) is 0 Å². The third kappa shape index (κ3) is 4.55. The van der Waals surface area contributed by atoms with Crippen LogP contribution >= 0.6 is 0 Å². The van der Waals surface area contributed by atoms with Crippen molar-refractivity contribution >= 4 is 12.0 Å². The van der Waals surface area contributed by atoms with Crippen molar-refractivity contribution in [2.24, 2.45) is 0 Å². The summed E-state index contributed by atoms with van der Waals surface area (Å²) < 4.78 is 4.92. The first-order chi connectivity index (χ1) is 9.10. The van der Waals surface area contributed by atoms with Gasteiger partial charge in [-0.05, 0) is 42.0 Å². The van der Waals surface area contributed by atoms with Crippen LogP contribution in [0.4, 0.5) is 0 Å². The molecule has 1 rings (SSSR count). The van der Waals surface area contributed by atoms with E-state index in [1.807, 2.05) is 13.0 Å². The van der Waals surface area contributed by atoms with Crippen molar-refractivity contribution in [3.05, 3.63) is 41.0 Å². The molecule has 0 aromatic heterocycles. The highest BCUT2D eigenvalue weighted by atomic mass is 16.5. The molecule has 1 aromatic carbocycles. The molecule has 0 bridgehead atoms. The maximum absolute atomic E-state index is 11.4. The standard InChI is InChI=1S/C17H24O2/c1-5-8-16-14(11-12-17(18)19-6-2)9-7-10-15(16)13(3)4/h7,9-13H,5-6,8H2,1-4H3/b12-11+. The summed E-state index contributed by atoms with van der Waals surface area (Å²) in [4.78, 5) is 11.4. The maximum Gasteiger partial charge on any atom is 0.330 e. The Morgan fingerprint density at radius 1 is 1.32 bits per heavy atom. The molecule has 0 saturated carbocycles. The van der Waals surface area contributed by atoms with Gasteiger partial charge in [-0.15, -0.1) is 0 Å². The summed E-state index contributed by atoms with van der Waals surface area (Å²) in [6.45, 7) is 8.81. The molecular weight excluding hydrogens is 236 g/mol. The molecular formula is C17H24O2. The molecule has 0 atom stereocenters. The predicted octanol–water partition coefficient (Wildman–Crippen LogP) is 4.34. The number of carbonyl (C=O) groups is 1. The van der Waals surface area contributed by atoms with Crippen molar-refractivity contribution in [1.29, 1.82) is 0 Å². The Hall–Kier alpha value is -1.57. The van der Waals surface area contributed by atoms with E-state index in [1.165, 1.54) is 17.2 Å². The molecule has 0 aliphatic carbocycles. The monoisotopic (exact) mass is 260 g/mol. The predicted molar refractivity (Wildman–Crippen MR) is 80.2 cm³/mol. The molecule has 0 aliphatic heterocycles. The minimum Gasteiger partial charge on any atom is -0.463 e. The van der Waals surface area contributed by atoms with Crippen molar-refractivity contribution in [3.8, 4) is 0 Å². The Bertz CT molecular complexity index is 445. The van der Waals surface area contributed by atoms with Gasteiger partial charge in [0.2, 0.25) is 0 Å². The third-order valence-corrected chi connectivity index (χ3v) is 3.06. The topological polar surface area (TPSA) is 26.3 Å². The largest absolute Gasteiger partial charge is 0.463 e. The number of carbonyl (C=O) groups excluding carboxylic acids is 1. The second-order valence-electron chi connectivity index (χ2n) is 4.91. The maximum atomic E-state index is 11.4. The summed E-state index contributed by atoms with van der Waals surface area (Å²) in [6, 6.07) is 6.29. The van der Waals surface area contributed by atoms with Gasteiger partial charge in [0.1, 0.15) is 0 Å². The van der Waals surface area contributed by atoms with E-state index in [2.05, 4.69) is 39.0 Å². The lowest BCUT2D eigenvalue weighted by atomic mass is 9.90. The molecule has 2 heteroatoms. The molecule has 19 heavy (non-hydrogen) atoms. The highest BCUT2D eigenvalue weighted by molar-refractivity contribution is 5.87. The Balaban J connectivity index is 3.05. The van der Waals surface area contributed by atoms with Gasteiger partial charge in [0.25, 0.3) is 0 Å². The lowest BCUT2D eigenvalue weighted by Gasteiger charge is -2.15. The lowest BCUT2D eigenvalue weighted by molar-refractivity contribution is -0.137. The molecule has 104 valence electrons. The van der Waals surface area contributed by atoms with Crippen LogP contribution in [0.25, 0.3) is 6.08 Å². The van der Waals surface area contributed by atoms with Crippen molar-refractivity contribution < 1.29 is 9.53 Å². The molecule has 0 amide bonds. The third-order valence-electron chi connectivity index (χ3n) is 3.06. The summed E-state index contributed by atoms with van der Waals surface area (Å²) >= 11 is 0. The highest BCUT2D eigenvalue weighted by Gasteiger charge is 2.09. The number of hydrogen-bond acceptors (Lipinski definition) is 2. The minimum atomic E-state index is -0.278. The summed E-state index contributed by atoms with van der Waals surface area (Å²) in [7, 11) is 0. The number of esters is 1. The highest BCUT2D eigenvalue weighted by Crippen LogP contribution is 2.25. The van der Waals surface area contributed by atoms with Crippen LogP contribution in [0.3, 0.4) is 0 Å². The van der Waals surface area contributed by atoms with E-state index in [0.29, 0.717) is 12.5 Å². The molecule has 0 fully saturated rings. The quantitative estimate of drug-likeness (QED) is 0.562. The fourth-order valence-electron chi connectivity index (χ4n) is 2.21. The zero-order valence-electron chi connectivity index (χ0n) is 12.4. The Kier molecular flexibility index (Phi) is 6.34. The van der Waals surface area contributed by atoms with Gasteiger partial charge >= 0.3 is 5.97 Å². The first-order valence-corrected chi connectivity index (χ1v) is 7.06. The van der Waals surface area contributed by atoms with Gasteiger partial charge in [0, 0.05) is 6.08 Å². The summed E-state index contributed by atoms with van der Waals surface area (Å²) in [5, 5.41) is 0. The molecule has 0 saturated heterocycles. The molecule has 2 nitrogen and oxygen atoms in total. The summed E-state index contributed by atoms with van der Waals surface area (Å²) in [5.74, 6) is 0.220. The average molecular weight is 260 g/mol. The van der Waals surface area contributed by atoms with E-state index in [4.69, 9.17) is 4.74 Å². The average Bonchev–Trinajstić information content (AvgIpc) is 2.37. The molecule has 0 spiro atoms. The van der Waals surface area contributed by atoms with Crippen LogP contribution in [-0.2, 0) is 16.0 Å². The summed E-state index contributed by atoms with van der Waals surface area (Å²) in [6.07, 6.45) is 5.53. The fourth-order valence-corrected chi connectivity index (χ4v) is 2.21. The van der Waals surface area contributed by atoms with Crippen LogP contribution < -0.4 is 0 Å². The van der Waals surface area contributed by atoms with Gasteiger partial charge in [-0.25, -0.2) is 4.79 Å². The van der Waals surface area contributed by atoms with Gasteiger partial charge in [-0.2, -0.15) is 0 Å². The Morgan fingerprint density at radius 3 is 2.63 bits per heavy atom. The SMILES string of the molecule is CCCc1c(/C=C/C(=O)OCC)cccc1C(C)C. The number of ether oxygens (including phenoxy) is 1. The second kappa shape index (κ2) is 7.78. The van der Waals surface area contributed by atoms with Gasteiger partial charge < -0.3 is 4.74 Å². The van der Waals surface area contributed by atoms with Crippen molar-refractivity contribution in [2.75, 3.05) is 6.61 Å². The van der Waals surface area contributed by atoms with Crippen molar-refractivity contribution in [3.63, 3.8) is 0 Å². The van der Waals surface area contributed by atoms with E-state index < -0.39 is 0 Å². The van der Waals surface area contributed by atoms with E-state index in [-0.39, 0.29) is 5.97 Å². The molecule has 0 N–H and O–H groups in total. The number of benzene rings is 1. The van der Waals surface area contributed by atoms with Crippen LogP contribution in [0.2, 0.25) is 0 Å². The zero-order chi connectivity index (χ0) is 14.3. The van der Waals surface area contributed by atoms with Crippen LogP contribution in [0.15, 0.2) is 24.3 Å². The molecule has 0 unspecified atom stereocenters. The van der Waals surface area contributed by atoms with Crippen molar-refractivity contribution in [1.82, 2.24) is 0 Å². The first-order valence-electron chi connectivity index (χ1n) is 7.06. The molecule has 0 heterocycles. The number of hydrogen-bond donors (Lipinski definition) is 0. The number of rotatable bonds is 6. The lowest BCUT2D eigenvalue weighted by Crippen LogP contribution is -2.01. The van der Waals surface area contributed by atoms with Crippen LogP contribution in [0, 0.1) is 0 Å². The second-order valence-corrected chi connectivity index (χ2v) is 4.91. The first kappa shape index (κ1) is 15.5. The minimum absolute atomic E-state index is 0.278. The van der Waals surface area contributed by atoms with Crippen LogP contribution in [0.5, 0.6) is 0 Å². The van der Waals surface area contributed by atoms with E-state index >= 15 is 0 Å². The molecule has 1 aromatic rings.